The Morgan fingerprint density at radius 3 is 2.70 bits per heavy atom. The molecular formula is C16H23NO3. The van der Waals surface area contributed by atoms with E-state index in [1.807, 2.05) is 18.2 Å². The molecule has 20 heavy (non-hydrogen) atoms. The molecule has 2 rings (SSSR count). The maximum atomic E-state index is 12.0. The van der Waals surface area contributed by atoms with Gasteiger partial charge in [-0.15, -0.1) is 0 Å². The summed E-state index contributed by atoms with van der Waals surface area (Å²) in [6.45, 7) is 3.79. The minimum absolute atomic E-state index is 0.183. The molecule has 1 heterocycles. The summed E-state index contributed by atoms with van der Waals surface area (Å²) < 4.78 is 10.6. The van der Waals surface area contributed by atoms with Crippen LogP contribution < -0.4 is 14.4 Å². The first-order valence-corrected chi connectivity index (χ1v) is 7.19. The first-order chi connectivity index (χ1) is 9.69. The van der Waals surface area contributed by atoms with Gasteiger partial charge in [0.15, 0.2) is 11.5 Å². The highest BCUT2D eigenvalue weighted by molar-refractivity contribution is 5.82. The van der Waals surface area contributed by atoms with Crippen molar-refractivity contribution in [2.24, 2.45) is 5.92 Å². The van der Waals surface area contributed by atoms with Crippen molar-refractivity contribution in [2.75, 3.05) is 32.2 Å². The Hall–Kier alpha value is -1.71. The molecule has 0 amide bonds. The lowest BCUT2D eigenvalue weighted by atomic mass is 10.00. The zero-order chi connectivity index (χ0) is 14.5. The lowest BCUT2D eigenvalue weighted by Gasteiger charge is -2.20. The molecule has 1 saturated heterocycles. The Morgan fingerprint density at radius 1 is 1.30 bits per heavy atom. The second-order valence-electron chi connectivity index (χ2n) is 5.19. The SMILES string of the molecule is CCCC(=O)C1CCN(c2ccc(OC)c(OC)c2)C1. The van der Waals surface area contributed by atoms with Crippen LogP contribution in [0.3, 0.4) is 0 Å². The molecule has 1 aromatic carbocycles. The molecule has 0 aliphatic carbocycles. The van der Waals surface area contributed by atoms with Crippen LogP contribution in [-0.4, -0.2) is 33.1 Å². The van der Waals surface area contributed by atoms with Crippen molar-refractivity contribution in [3.05, 3.63) is 18.2 Å². The van der Waals surface area contributed by atoms with Gasteiger partial charge in [-0.1, -0.05) is 6.92 Å². The fraction of sp³-hybridized carbons (Fsp3) is 0.562. The molecule has 0 N–H and O–H groups in total. The minimum Gasteiger partial charge on any atom is -0.493 e. The Kier molecular flexibility index (Phi) is 4.88. The van der Waals surface area contributed by atoms with Crippen molar-refractivity contribution in [1.29, 1.82) is 0 Å². The first kappa shape index (κ1) is 14.7. The Morgan fingerprint density at radius 2 is 2.05 bits per heavy atom. The number of Topliss-reactive ketones (excluding diaryl/α,β-unsaturated/α-hetero) is 1. The molecule has 1 fully saturated rings. The van der Waals surface area contributed by atoms with Gasteiger partial charge >= 0.3 is 0 Å². The lowest BCUT2D eigenvalue weighted by Crippen LogP contribution is -2.22. The third-order valence-corrected chi connectivity index (χ3v) is 3.87. The summed E-state index contributed by atoms with van der Waals surface area (Å²) in [4.78, 5) is 14.2. The standard InChI is InChI=1S/C16H23NO3/c1-4-5-14(18)12-8-9-17(11-12)13-6-7-15(19-2)16(10-13)20-3/h6-7,10,12H,4-5,8-9,11H2,1-3H3. The van der Waals surface area contributed by atoms with E-state index in [1.165, 1.54) is 0 Å². The van der Waals surface area contributed by atoms with E-state index in [2.05, 4.69) is 11.8 Å². The highest BCUT2D eigenvalue weighted by Crippen LogP contribution is 2.33. The summed E-state index contributed by atoms with van der Waals surface area (Å²) >= 11 is 0. The maximum Gasteiger partial charge on any atom is 0.162 e. The Labute approximate surface area is 120 Å². The molecule has 0 bridgehead atoms. The zero-order valence-electron chi connectivity index (χ0n) is 12.5. The smallest absolute Gasteiger partial charge is 0.162 e. The number of hydrogen-bond donors (Lipinski definition) is 0. The average Bonchev–Trinajstić information content (AvgIpc) is 2.96. The van der Waals surface area contributed by atoms with Crippen molar-refractivity contribution < 1.29 is 14.3 Å². The number of benzene rings is 1. The third-order valence-electron chi connectivity index (χ3n) is 3.87. The van der Waals surface area contributed by atoms with Crippen LogP contribution in [0.25, 0.3) is 0 Å². The summed E-state index contributed by atoms with van der Waals surface area (Å²) in [5.74, 6) is 2.04. The molecule has 1 atom stereocenters. The van der Waals surface area contributed by atoms with Crippen LogP contribution in [0.5, 0.6) is 11.5 Å². The first-order valence-electron chi connectivity index (χ1n) is 7.19. The Bertz CT molecular complexity index is 473. The van der Waals surface area contributed by atoms with Gasteiger partial charge in [0.2, 0.25) is 0 Å². The second kappa shape index (κ2) is 6.64. The zero-order valence-corrected chi connectivity index (χ0v) is 12.5. The van der Waals surface area contributed by atoms with E-state index in [9.17, 15) is 4.79 Å². The van der Waals surface area contributed by atoms with Crippen LogP contribution in [0.4, 0.5) is 5.69 Å². The van der Waals surface area contributed by atoms with Crippen molar-refractivity contribution >= 4 is 11.5 Å². The molecule has 4 heteroatoms. The predicted octanol–water partition coefficient (Wildman–Crippen LogP) is 2.90. The molecule has 4 nitrogen and oxygen atoms in total. The molecule has 1 aromatic rings. The number of hydrogen-bond acceptors (Lipinski definition) is 4. The highest BCUT2D eigenvalue weighted by Gasteiger charge is 2.28. The van der Waals surface area contributed by atoms with Crippen LogP contribution >= 0.6 is 0 Å². The summed E-state index contributed by atoms with van der Waals surface area (Å²) in [6, 6.07) is 5.91. The molecular weight excluding hydrogens is 254 g/mol. The number of methoxy groups -OCH3 is 2. The van der Waals surface area contributed by atoms with Crippen LogP contribution in [0, 0.1) is 5.92 Å². The number of anilines is 1. The van der Waals surface area contributed by atoms with Gasteiger partial charge in [-0.25, -0.2) is 0 Å². The highest BCUT2D eigenvalue weighted by atomic mass is 16.5. The molecule has 0 radical (unpaired) electrons. The van der Waals surface area contributed by atoms with Crippen LogP contribution in [0.2, 0.25) is 0 Å². The van der Waals surface area contributed by atoms with E-state index >= 15 is 0 Å². The summed E-state index contributed by atoms with van der Waals surface area (Å²) in [7, 11) is 3.27. The molecule has 0 spiro atoms. The lowest BCUT2D eigenvalue weighted by molar-refractivity contribution is -0.122. The van der Waals surface area contributed by atoms with Gasteiger partial charge in [-0.3, -0.25) is 4.79 Å². The Balaban J connectivity index is 2.08. The van der Waals surface area contributed by atoms with Gasteiger partial charge in [-0.2, -0.15) is 0 Å². The molecule has 1 unspecified atom stereocenters. The van der Waals surface area contributed by atoms with Gasteiger partial charge < -0.3 is 14.4 Å². The predicted molar refractivity (Wildman–Crippen MR) is 79.8 cm³/mol. The maximum absolute atomic E-state index is 12.0. The fourth-order valence-electron chi connectivity index (χ4n) is 2.73. The largest absolute Gasteiger partial charge is 0.493 e. The van der Waals surface area contributed by atoms with Gasteiger partial charge in [0.25, 0.3) is 0 Å². The van der Waals surface area contributed by atoms with Gasteiger partial charge in [0.1, 0.15) is 5.78 Å². The number of ketones is 1. The van der Waals surface area contributed by atoms with Gasteiger partial charge in [0.05, 0.1) is 14.2 Å². The normalized spacial score (nSPS) is 18.1. The van der Waals surface area contributed by atoms with E-state index < -0.39 is 0 Å². The quantitative estimate of drug-likeness (QED) is 0.801. The molecule has 1 aliphatic rings. The number of carbonyl (C=O) groups is 1. The number of nitrogens with zero attached hydrogens (tertiary/aromatic N) is 1. The van der Waals surface area contributed by atoms with Crippen molar-refractivity contribution in [1.82, 2.24) is 0 Å². The summed E-state index contributed by atoms with van der Waals surface area (Å²) in [5, 5.41) is 0. The van der Waals surface area contributed by atoms with E-state index in [1.54, 1.807) is 14.2 Å². The summed E-state index contributed by atoms with van der Waals surface area (Å²) in [5.41, 5.74) is 1.09. The minimum atomic E-state index is 0.183. The van der Waals surface area contributed by atoms with E-state index in [0.717, 1.165) is 43.1 Å². The molecule has 110 valence electrons. The van der Waals surface area contributed by atoms with Crippen LogP contribution in [-0.2, 0) is 4.79 Å². The molecule has 0 saturated carbocycles. The number of carbonyl (C=O) groups excluding carboxylic acids is 1. The summed E-state index contributed by atoms with van der Waals surface area (Å²) in [6.07, 6.45) is 2.59. The van der Waals surface area contributed by atoms with Crippen LogP contribution in [0.1, 0.15) is 26.2 Å². The topological polar surface area (TPSA) is 38.8 Å². The average molecular weight is 277 g/mol. The molecule has 1 aliphatic heterocycles. The monoisotopic (exact) mass is 277 g/mol. The van der Waals surface area contributed by atoms with E-state index in [4.69, 9.17) is 9.47 Å². The van der Waals surface area contributed by atoms with Gasteiger partial charge in [0, 0.05) is 37.2 Å². The van der Waals surface area contributed by atoms with Crippen molar-refractivity contribution in [2.45, 2.75) is 26.2 Å². The van der Waals surface area contributed by atoms with Crippen molar-refractivity contribution in [3.8, 4) is 11.5 Å². The van der Waals surface area contributed by atoms with Gasteiger partial charge in [-0.05, 0) is 25.0 Å². The third kappa shape index (κ3) is 3.06. The molecule has 0 aromatic heterocycles. The number of rotatable bonds is 6. The fourth-order valence-corrected chi connectivity index (χ4v) is 2.73. The van der Waals surface area contributed by atoms with Crippen LogP contribution in [0.15, 0.2) is 18.2 Å². The van der Waals surface area contributed by atoms with Crippen molar-refractivity contribution in [3.63, 3.8) is 0 Å². The van der Waals surface area contributed by atoms with E-state index in [-0.39, 0.29) is 5.92 Å². The second-order valence-corrected chi connectivity index (χ2v) is 5.19. The number of ether oxygens (including phenoxy) is 2. The van der Waals surface area contributed by atoms with E-state index in [0.29, 0.717) is 12.2 Å².